The van der Waals surface area contributed by atoms with E-state index >= 15 is 0 Å². The molecular weight excluding hydrogens is 339 g/mol. The second kappa shape index (κ2) is 7.44. The minimum Gasteiger partial charge on any atom is -0.494 e. The van der Waals surface area contributed by atoms with E-state index in [-0.39, 0.29) is 11.7 Å². The van der Waals surface area contributed by atoms with Gasteiger partial charge in [-0.15, -0.1) is 6.58 Å². The molecule has 128 valence electrons. The molecule has 0 saturated carbocycles. The SMILES string of the molecule is C=CCn1c(=NC(=O)c2ccc(OCC)cc2)sc2cc(F)ccc21. The fourth-order valence-electron chi connectivity index (χ4n) is 2.45. The molecule has 1 heterocycles. The summed E-state index contributed by atoms with van der Waals surface area (Å²) in [5.74, 6) is 0.0369. The van der Waals surface area contributed by atoms with Gasteiger partial charge in [-0.3, -0.25) is 4.79 Å². The third-order valence-electron chi connectivity index (χ3n) is 3.57. The molecule has 0 radical (unpaired) electrons. The number of ether oxygens (including phenoxy) is 1. The first-order chi connectivity index (χ1) is 12.1. The van der Waals surface area contributed by atoms with Crippen LogP contribution < -0.4 is 9.54 Å². The molecule has 25 heavy (non-hydrogen) atoms. The number of thiazole rings is 1. The monoisotopic (exact) mass is 356 g/mol. The fourth-order valence-corrected chi connectivity index (χ4v) is 3.51. The molecular formula is C19H17FN2O2S. The Hall–Kier alpha value is -2.73. The van der Waals surface area contributed by atoms with E-state index in [1.54, 1.807) is 36.4 Å². The molecule has 3 aromatic rings. The van der Waals surface area contributed by atoms with Crippen molar-refractivity contribution in [2.24, 2.45) is 4.99 Å². The van der Waals surface area contributed by atoms with Crippen LogP contribution in [0.2, 0.25) is 0 Å². The lowest BCUT2D eigenvalue weighted by atomic mass is 10.2. The summed E-state index contributed by atoms with van der Waals surface area (Å²) in [6.45, 7) is 6.69. The molecule has 1 amide bonds. The van der Waals surface area contributed by atoms with Crippen LogP contribution in [-0.2, 0) is 6.54 Å². The van der Waals surface area contributed by atoms with Gasteiger partial charge in [0.25, 0.3) is 5.91 Å². The van der Waals surface area contributed by atoms with Gasteiger partial charge in [-0.05, 0) is 49.4 Å². The Morgan fingerprint density at radius 1 is 1.32 bits per heavy atom. The first-order valence-corrected chi connectivity index (χ1v) is 8.65. The predicted octanol–water partition coefficient (Wildman–Crippen LogP) is 4.17. The van der Waals surface area contributed by atoms with Gasteiger partial charge in [0.1, 0.15) is 11.6 Å². The van der Waals surface area contributed by atoms with Gasteiger partial charge < -0.3 is 9.30 Å². The summed E-state index contributed by atoms with van der Waals surface area (Å²) in [6, 6.07) is 11.4. The standard InChI is InChI=1S/C19H17FN2O2S/c1-3-11-22-16-10-7-14(20)12-17(16)25-19(22)21-18(23)13-5-8-15(9-6-13)24-4-2/h3,5-10,12H,1,4,11H2,2H3. The highest BCUT2D eigenvalue weighted by molar-refractivity contribution is 7.16. The maximum Gasteiger partial charge on any atom is 0.279 e. The molecule has 0 aliphatic rings. The zero-order chi connectivity index (χ0) is 17.8. The van der Waals surface area contributed by atoms with Gasteiger partial charge >= 0.3 is 0 Å². The Morgan fingerprint density at radius 2 is 2.08 bits per heavy atom. The summed E-state index contributed by atoms with van der Waals surface area (Å²) >= 11 is 1.28. The summed E-state index contributed by atoms with van der Waals surface area (Å²) in [7, 11) is 0. The van der Waals surface area contributed by atoms with E-state index in [4.69, 9.17) is 4.74 Å². The van der Waals surface area contributed by atoms with Crippen LogP contribution in [0.15, 0.2) is 60.1 Å². The zero-order valence-corrected chi connectivity index (χ0v) is 14.6. The van der Waals surface area contributed by atoms with E-state index in [1.807, 2.05) is 11.5 Å². The van der Waals surface area contributed by atoms with Crippen molar-refractivity contribution in [1.82, 2.24) is 4.57 Å². The van der Waals surface area contributed by atoms with Crippen LogP contribution in [0.5, 0.6) is 5.75 Å². The van der Waals surface area contributed by atoms with Gasteiger partial charge in [-0.25, -0.2) is 4.39 Å². The molecule has 0 atom stereocenters. The van der Waals surface area contributed by atoms with Crippen LogP contribution in [0.25, 0.3) is 10.2 Å². The van der Waals surface area contributed by atoms with Crippen molar-refractivity contribution in [3.05, 3.63) is 71.3 Å². The first kappa shape index (κ1) is 17.1. The van der Waals surface area contributed by atoms with Crippen LogP contribution in [0.3, 0.4) is 0 Å². The van der Waals surface area contributed by atoms with E-state index < -0.39 is 0 Å². The van der Waals surface area contributed by atoms with Gasteiger partial charge in [-0.1, -0.05) is 17.4 Å². The molecule has 6 heteroatoms. The second-order valence-corrected chi connectivity index (χ2v) is 6.28. The summed E-state index contributed by atoms with van der Waals surface area (Å²) in [6.07, 6.45) is 1.72. The molecule has 0 fully saturated rings. The number of carbonyl (C=O) groups excluding carboxylic acids is 1. The Morgan fingerprint density at radius 3 is 2.76 bits per heavy atom. The summed E-state index contributed by atoms with van der Waals surface area (Å²) in [5, 5.41) is 0. The van der Waals surface area contributed by atoms with E-state index in [1.165, 1.54) is 23.5 Å². The fraction of sp³-hybridized carbons (Fsp3) is 0.158. The topological polar surface area (TPSA) is 43.6 Å². The number of aromatic nitrogens is 1. The quantitative estimate of drug-likeness (QED) is 0.644. The predicted molar refractivity (Wildman–Crippen MR) is 97.5 cm³/mol. The number of hydrogen-bond acceptors (Lipinski definition) is 3. The number of halogens is 1. The van der Waals surface area contributed by atoms with E-state index in [0.717, 1.165) is 10.2 Å². The lowest BCUT2D eigenvalue weighted by Crippen LogP contribution is -2.16. The number of fused-ring (bicyclic) bond motifs is 1. The van der Waals surface area contributed by atoms with Gasteiger partial charge in [0.05, 0.1) is 16.8 Å². The van der Waals surface area contributed by atoms with Crippen LogP contribution in [0, 0.1) is 5.82 Å². The normalized spacial score (nSPS) is 11.7. The Kier molecular flexibility index (Phi) is 5.09. The number of carbonyl (C=O) groups is 1. The molecule has 0 spiro atoms. The minimum absolute atomic E-state index is 0.316. The van der Waals surface area contributed by atoms with Gasteiger partial charge in [-0.2, -0.15) is 4.99 Å². The van der Waals surface area contributed by atoms with Crippen LogP contribution in [-0.4, -0.2) is 17.1 Å². The van der Waals surface area contributed by atoms with Crippen molar-refractivity contribution >= 4 is 27.5 Å². The third-order valence-corrected chi connectivity index (χ3v) is 4.61. The maximum absolute atomic E-state index is 13.5. The van der Waals surface area contributed by atoms with E-state index in [2.05, 4.69) is 11.6 Å². The smallest absolute Gasteiger partial charge is 0.279 e. The molecule has 0 aliphatic heterocycles. The highest BCUT2D eigenvalue weighted by Gasteiger charge is 2.09. The molecule has 1 aromatic heterocycles. The molecule has 0 aliphatic carbocycles. The summed E-state index contributed by atoms with van der Waals surface area (Å²) in [4.78, 5) is 17.2. The van der Waals surface area contributed by atoms with Crippen molar-refractivity contribution in [2.75, 3.05) is 6.61 Å². The number of amides is 1. The number of rotatable bonds is 5. The van der Waals surface area contributed by atoms with Crippen LogP contribution in [0.4, 0.5) is 4.39 Å². The average Bonchev–Trinajstić information content (AvgIpc) is 2.92. The number of nitrogens with zero attached hydrogens (tertiary/aromatic N) is 2. The molecule has 0 saturated heterocycles. The summed E-state index contributed by atoms with van der Waals surface area (Å²) in [5.41, 5.74) is 1.29. The van der Waals surface area contributed by atoms with Gasteiger partial charge in [0.15, 0.2) is 4.80 Å². The van der Waals surface area contributed by atoms with E-state index in [9.17, 15) is 9.18 Å². The molecule has 3 rings (SSSR count). The Balaban J connectivity index is 2.03. The maximum atomic E-state index is 13.5. The van der Waals surface area contributed by atoms with Gasteiger partial charge in [0, 0.05) is 12.1 Å². The molecule has 4 nitrogen and oxygen atoms in total. The molecule has 0 unspecified atom stereocenters. The second-order valence-electron chi connectivity index (χ2n) is 5.27. The minimum atomic E-state index is -0.354. The highest BCUT2D eigenvalue weighted by atomic mass is 32.1. The lowest BCUT2D eigenvalue weighted by molar-refractivity contribution is 0.0998. The van der Waals surface area contributed by atoms with Crippen molar-refractivity contribution in [1.29, 1.82) is 0 Å². The first-order valence-electron chi connectivity index (χ1n) is 7.84. The molecule has 2 aromatic carbocycles. The summed E-state index contributed by atoms with van der Waals surface area (Å²) < 4.78 is 21.4. The highest BCUT2D eigenvalue weighted by Crippen LogP contribution is 2.19. The van der Waals surface area contributed by atoms with Crippen LogP contribution >= 0.6 is 11.3 Å². The lowest BCUT2D eigenvalue weighted by Gasteiger charge is -2.03. The third kappa shape index (κ3) is 3.69. The average molecular weight is 356 g/mol. The van der Waals surface area contributed by atoms with Crippen molar-refractivity contribution in [3.63, 3.8) is 0 Å². The molecule has 0 bridgehead atoms. The largest absolute Gasteiger partial charge is 0.494 e. The molecule has 0 N–H and O–H groups in total. The number of allylic oxidation sites excluding steroid dienone is 1. The number of hydrogen-bond donors (Lipinski definition) is 0. The van der Waals surface area contributed by atoms with Crippen molar-refractivity contribution < 1.29 is 13.9 Å². The van der Waals surface area contributed by atoms with Crippen LogP contribution in [0.1, 0.15) is 17.3 Å². The Labute approximate surface area is 148 Å². The van der Waals surface area contributed by atoms with Gasteiger partial charge in [0.2, 0.25) is 0 Å². The zero-order valence-electron chi connectivity index (χ0n) is 13.7. The Bertz CT molecular complexity index is 987. The number of benzene rings is 2. The van der Waals surface area contributed by atoms with Crippen molar-refractivity contribution in [2.45, 2.75) is 13.5 Å². The van der Waals surface area contributed by atoms with Crippen molar-refractivity contribution in [3.8, 4) is 5.75 Å². The van der Waals surface area contributed by atoms with E-state index in [0.29, 0.717) is 29.3 Å².